The highest BCUT2D eigenvalue weighted by atomic mass is 32.2. The maximum atomic E-state index is 11.2. The average molecular weight is 219 g/mol. The Morgan fingerprint density at radius 2 is 2.43 bits per heavy atom. The molecular weight excluding hydrogens is 206 g/mol. The van der Waals surface area contributed by atoms with Gasteiger partial charge < -0.3 is 10.1 Å². The van der Waals surface area contributed by atoms with Crippen LogP contribution in [0.2, 0.25) is 0 Å². The summed E-state index contributed by atoms with van der Waals surface area (Å²) >= 11 is 0. The van der Waals surface area contributed by atoms with Crippen molar-refractivity contribution in [2.24, 2.45) is 0 Å². The van der Waals surface area contributed by atoms with E-state index in [0.29, 0.717) is 5.82 Å². The first kappa shape index (κ1) is 11.2. The fraction of sp³-hybridized carbons (Fsp3) is 0.571. The molecule has 1 aromatic rings. The third-order valence-electron chi connectivity index (χ3n) is 1.65. The lowest BCUT2D eigenvalue weighted by Gasteiger charge is -2.10. The molecule has 6 nitrogen and oxygen atoms in total. The second kappa shape index (κ2) is 4.54. The van der Waals surface area contributed by atoms with Gasteiger partial charge in [0.15, 0.2) is 0 Å². The molecule has 0 aromatic carbocycles. The number of nitrogens with zero attached hydrogens (tertiary/aromatic N) is 1. The number of hydrogen-bond acceptors (Lipinski definition) is 4. The Morgan fingerprint density at radius 3 is 2.93 bits per heavy atom. The molecule has 0 aliphatic rings. The average Bonchev–Trinajstić information content (AvgIpc) is 2.53. The highest BCUT2D eigenvalue weighted by molar-refractivity contribution is 7.89. The van der Waals surface area contributed by atoms with E-state index in [4.69, 9.17) is 5.11 Å². The number of aromatic amines is 1. The minimum atomic E-state index is -3.42. The van der Waals surface area contributed by atoms with Gasteiger partial charge in [0.2, 0.25) is 10.0 Å². The van der Waals surface area contributed by atoms with Crippen molar-refractivity contribution in [1.29, 1.82) is 0 Å². The fourth-order valence-electron chi connectivity index (χ4n) is 1.02. The van der Waals surface area contributed by atoms with Crippen LogP contribution < -0.4 is 4.72 Å². The number of imidazole rings is 1. The van der Waals surface area contributed by atoms with E-state index in [-0.39, 0.29) is 12.4 Å². The van der Waals surface area contributed by atoms with Crippen molar-refractivity contribution in [2.45, 2.75) is 13.0 Å². The smallest absolute Gasteiger partial charge is 0.214 e. The molecule has 0 aliphatic carbocycles. The topological polar surface area (TPSA) is 95.1 Å². The number of aliphatic hydroxyl groups is 1. The van der Waals surface area contributed by atoms with Crippen LogP contribution in [0.25, 0.3) is 0 Å². The fourth-order valence-corrected chi connectivity index (χ4v) is 2.03. The number of rotatable bonds is 5. The summed E-state index contributed by atoms with van der Waals surface area (Å²) in [7, 11) is -3.42. The number of nitrogens with one attached hydrogen (secondary N) is 2. The van der Waals surface area contributed by atoms with E-state index >= 15 is 0 Å². The van der Waals surface area contributed by atoms with Crippen LogP contribution in [0.1, 0.15) is 18.8 Å². The first-order valence-corrected chi connectivity index (χ1v) is 5.80. The lowest BCUT2D eigenvalue weighted by atomic mass is 10.3. The van der Waals surface area contributed by atoms with E-state index < -0.39 is 16.1 Å². The Bertz CT molecular complexity index is 360. The van der Waals surface area contributed by atoms with Crippen molar-refractivity contribution in [3.63, 3.8) is 0 Å². The lowest BCUT2D eigenvalue weighted by molar-refractivity contribution is 0.319. The van der Waals surface area contributed by atoms with Gasteiger partial charge in [-0.05, 0) is 6.92 Å². The van der Waals surface area contributed by atoms with E-state index in [9.17, 15) is 8.42 Å². The monoisotopic (exact) mass is 219 g/mol. The van der Waals surface area contributed by atoms with Gasteiger partial charge in [-0.1, -0.05) is 0 Å². The van der Waals surface area contributed by atoms with Crippen LogP contribution in [0.15, 0.2) is 12.4 Å². The van der Waals surface area contributed by atoms with E-state index in [2.05, 4.69) is 14.7 Å². The Kier molecular flexibility index (Phi) is 3.62. The number of H-pyrrole nitrogens is 1. The molecule has 1 heterocycles. The zero-order valence-corrected chi connectivity index (χ0v) is 8.58. The van der Waals surface area contributed by atoms with Crippen LogP contribution in [-0.4, -0.2) is 35.9 Å². The van der Waals surface area contributed by atoms with Crippen LogP contribution in [0.3, 0.4) is 0 Å². The largest absolute Gasteiger partial charge is 0.395 e. The molecule has 80 valence electrons. The predicted molar refractivity (Wildman–Crippen MR) is 51.0 cm³/mol. The predicted octanol–water partition coefficient (Wildman–Crippen LogP) is -0.618. The standard InChI is InChI=1S/C7H13N3O3S/c1-6(7-8-2-3-9-7)10-14(12,13)5-4-11/h2-3,6,10-11H,4-5H2,1H3,(H,8,9). The molecule has 7 heteroatoms. The Hall–Kier alpha value is -0.920. The SMILES string of the molecule is CC(NS(=O)(=O)CCO)c1ncc[nH]1. The van der Waals surface area contributed by atoms with E-state index in [1.165, 1.54) is 0 Å². The quantitative estimate of drug-likeness (QED) is 0.615. The van der Waals surface area contributed by atoms with Gasteiger partial charge in [0.25, 0.3) is 0 Å². The first-order valence-electron chi connectivity index (χ1n) is 4.15. The Labute approximate surface area is 82.4 Å². The van der Waals surface area contributed by atoms with E-state index in [1.54, 1.807) is 19.3 Å². The minimum Gasteiger partial charge on any atom is -0.395 e. The molecule has 0 bridgehead atoms. The van der Waals surface area contributed by atoms with E-state index in [0.717, 1.165) is 0 Å². The summed E-state index contributed by atoms with van der Waals surface area (Å²) in [5.41, 5.74) is 0. The van der Waals surface area contributed by atoms with Crippen LogP contribution in [0, 0.1) is 0 Å². The summed E-state index contributed by atoms with van der Waals surface area (Å²) in [6.45, 7) is 1.29. The molecule has 1 rings (SSSR count). The molecule has 0 fully saturated rings. The van der Waals surface area contributed by atoms with Gasteiger partial charge in [-0.2, -0.15) is 0 Å². The third-order valence-corrected chi connectivity index (χ3v) is 3.08. The summed E-state index contributed by atoms with van der Waals surface area (Å²) < 4.78 is 24.8. The van der Waals surface area contributed by atoms with E-state index in [1.807, 2.05) is 0 Å². The number of hydrogen-bond donors (Lipinski definition) is 3. The number of aliphatic hydroxyl groups excluding tert-OH is 1. The summed E-state index contributed by atoms with van der Waals surface area (Å²) in [4.78, 5) is 6.72. The van der Waals surface area contributed by atoms with Gasteiger partial charge in [0.05, 0.1) is 18.4 Å². The van der Waals surface area contributed by atoms with Crippen LogP contribution >= 0.6 is 0 Å². The molecule has 0 spiro atoms. The van der Waals surface area contributed by atoms with Crippen LogP contribution in [0.4, 0.5) is 0 Å². The van der Waals surface area contributed by atoms with Crippen molar-refractivity contribution in [3.8, 4) is 0 Å². The number of sulfonamides is 1. The Morgan fingerprint density at radius 1 is 1.71 bits per heavy atom. The second-order valence-electron chi connectivity index (χ2n) is 2.86. The van der Waals surface area contributed by atoms with Gasteiger partial charge >= 0.3 is 0 Å². The van der Waals surface area contributed by atoms with Crippen LogP contribution in [-0.2, 0) is 10.0 Å². The van der Waals surface area contributed by atoms with Gasteiger partial charge in [-0.25, -0.2) is 18.1 Å². The summed E-state index contributed by atoms with van der Waals surface area (Å²) in [5.74, 6) is 0.254. The van der Waals surface area contributed by atoms with Crippen LogP contribution in [0.5, 0.6) is 0 Å². The summed E-state index contributed by atoms with van der Waals surface area (Å²) in [6, 6.07) is -0.415. The molecule has 0 amide bonds. The molecule has 1 aromatic heterocycles. The maximum absolute atomic E-state index is 11.2. The molecule has 1 atom stereocenters. The maximum Gasteiger partial charge on any atom is 0.214 e. The van der Waals surface area contributed by atoms with Gasteiger partial charge in [-0.3, -0.25) is 0 Å². The zero-order chi connectivity index (χ0) is 10.6. The zero-order valence-electron chi connectivity index (χ0n) is 7.77. The van der Waals surface area contributed by atoms with Crippen molar-refractivity contribution in [3.05, 3.63) is 18.2 Å². The summed E-state index contributed by atoms with van der Waals surface area (Å²) in [6.07, 6.45) is 3.17. The Balaban J connectivity index is 2.61. The van der Waals surface area contributed by atoms with Gasteiger partial charge in [0, 0.05) is 12.4 Å². The second-order valence-corrected chi connectivity index (χ2v) is 4.73. The van der Waals surface area contributed by atoms with Crippen molar-refractivity contribution in [1.82, 2.24) is 14.7 Å². The van der Waals surface area contributed by atoms with Crippen molar-refractivity contribution >= 4 is 10.0 Å². The molecule has 3 N–H and O–H groups in total. The van der Waals surface area contributed by atoms with Gasteiger partial charge in [-0.15, -0.1) is 0 Å². The molecular formula is C7H13N3O3S. The molecule has 0 saturated carbocycles. The molecule has 0 saturated heterocycles. The van der Waals surface area contributed by atoms with Gasteiger partial charge in [0.1, 0.15) is 5.82 Å². The molecule has 0 aliphatic heterocycles. The molecule has 0 radical (unpaired) electrons. The highest BCUT2D eigenvalue weighted by Crippen LogP contribution is 2.06. The first-order chi connectivity index (χ1) is 6.55. The number of aromatic nitrogens is 2. The van der Waals surface area contributed by atoms with Crippen molar-refractivity contribution in [2.75, 3.05) is 12.4 Å². The normalized spacial score (nSPS) is 14.1. The molecule has 1 unspecified atom stereocenters. The molecule has 14 heavy (non-hydrogen) atoms. The minimum absolute atomic E-state index is 0.294. The third kappa shape index (κ3) is 3.09. The van der Waals surface area contributed by atoms with Crippen molar-refractivity contribution < 1.29 is 13.5 Å². The highest BCUT2D eigenvalue weighted by Gasteiger charge is 2.16. The summed E-state index contributed by atoms with van der Waals surface area (Å²) in [5, 5.41) is 8.50. The lowest BCUT2D eigenvalue weighted by Crippen LogP contribution is -2.30.